The zero-order chi connectivity index (χ0) is 12.3. The first-order valence-electron chi connectivity index (χ1n) is 5.22. The molecule has 0 unspecified atom stereocenters. The van der Waals surface area contributed by atoms with E-state index in [0.717, 1.165) is 9.79 Å². The molecule has 1 atom stereocenters. The summed E-state index contributed by atoms with van der Waals surface area (Å²) >= 11 is 1.48. The maximum absolute atomic E-state index is 13.1. The fourth-order valence-corrected chi connectivity index (χ4v) is 2.47. The Labute approximate surface area is 104 Å². The molecule has 2 rings (SSSR count). The molecule has 1 aromatic heterocycles. The van der Waals surface area contributed by atoms with Crippen molar-refractivity contribution in [3.05, 3.63) is 54.1 Å². The van der Waals surface area contributed by atoms with Gasteiger partial charge in [0.1, 0.15) is 5.82 Å². The van der Waals surface area contributed by atoms with E-state index < -0.39 is 6.10 Å². The van der Waals surface area contributed by atoms with E-state index >= 15 is 0 Å². The van der Waals surface area contributed by atoms with Gasteiger partial charge in [-0.05, 0) is 42.8 Å². The quantitative estimate of drug-likeness (QED) is 0.904. The molecule has 1 N–H and O–H groups in total. The van der Waals surface area contributed by atoms with Crippen LogP contribution in [0.2, 0.25) is 0 Å². The highest BCUT2D eigenvalue weighted by molar-refractivity contribution is 7.99. The van der Waals surface area contributed by atoms with Crippen LogP contribution in [0.3, 0.4) is 0 Å². The molecule has 0 amide bonds. The van der Waals surface area contributed by atoms with E-state index in [1.807, 2.05) is 12.1 Å². The summed E-state index contributed by atoms with van der Waals surface area (Å²) < 4.78 is 13.1. The molecule has 4 heteroatoms. The minimum absolute atomic E-state index is 0.333. The van der Waals surface area contributed by atoms with E-state index in [-0.39, 0.29) is 5.82 Å². The van der Waals surface area contributed by atoms with Crippen LogP contribution < -0.4 is 0 Å². The summed E-state index contributed by atoms with van der Waals surface area (Å²) in [6.45, 7) is 1.63. The number of halogens is 1. The van der Waals surface area contributed by atoms with Gasteiger partial charge in [0.15, 0.2) is 0 Å². The van der Waals surface area contributed by atoms with Crippen molar-refractivity contribution in [1.82, 2.24) is 4.98 Å². The van der Waals surface area contributed by atoms with Gasteiger partial charge in [-0.15, -0.1) is 0 Å². The van der Waals surface area contributed by atoms with Crippen molar-refractivity contribution < 1.29 is 9.50 Å². The molecule has 2 aromatic rings. The lowest BCUT2D eigenvalue weighted by molar-refractivity contribution is 0.196. The second-order valence-electron chi connectivity index (χ2n) is 3.64. The van der Waals surface area contributed by atoms with E-state index in [1.54, 1.807) is 25.4 Å². The summed E-state index contributed by atoms with van der Waals surface area (Å²) in [5.74, 6) is -0.333. The zero-order valence-electron chi connectivity index (χ0n) is 9.30. The van der Waals surface area contributed by atoms with Crippen LogP contribution in [-0.4, -0.2) is 10.1 Å². The number of aromatic nitrogens is 1. The number of hydrogen-bond acceptors (Lipinski definition) is 3. The molecule has 0 fully saturated rings. The molecule has 0 saturated carbocycles. The summed E-state index contributed by atoms with van der Waals surface area (Å²) in [5.41, 5.74) is 0.604. The number of aliphatic hydroxyl groups excluding tert-OH is 1. The SMILES string of the molecule is C[C@@H](O)c1cc(F)ccc1Sc1ccncc1. The van der Waals surface area contributed by atoms with E-state index in [2.05, 4.69) is 4.98 Å². The highest BCUT2D eigenvalue weighted by Crippen LogP contribution is 2.33. The average molecular weight is 249 g/mol. The predicted molar refractivity (Wildman–Crippen MR) is 65.4 cm³/mol. The van der Waals surface area contributed by atoms with Crippen molar-refractivity contribution >= 4 is 11.8 Å². The van der Waals surface area contributed by atoms with Gasteiger partial charge in [-0.3, -0.25) is 4.98 Å². The lowest BCUT2D eigenvalue weighted by Gasteiger charge is -2.11. The average Bonchev–Trinajstić information content (AvgIpc) is 2.32. The Kier molecular flexibility index (Phi) is 3.76. The van der Waals surface area contributed by atoms with Gasteiger partial charge >= 0.3 is 0 Å². The minimum Gasteiger partial charge on any atom is -0.389 e. The van der Waals surface area contributed by atoms with Gasteiger partial charge in [-0.1, -0.05) is 11.8 Å². The molecule has 17 heavy (non-hydrogen) atoms. The molecule has 0 radical (unpaired) electrons. The largest absolute Gasteiger partial charge is 0.389 e. The topological polar surface area (TPSA) is 33.1 Å². The van der Waals surface area contributed by atoms with Gasteiger partial charge in [-0.25, -0.2) is 4.39 Å². The minimum atomic E-state index is -0.685. The summed E-state index contributed by atoms with van der Waals surface area (Å²) in [4.78, 5) is 5.80. The molecule has 2 nitrogen and oxygen atoms in total. The third kappa shape index (κ3) is 3.05. The molecule has 0 bridgehead atoms. The molecule has 88 valence electrons. The molecular formula is C13H12FNOS. The monoisotopic (exact) mass is 249 g/mol. The second kappa shape index (κ2) is 5.29. The number of aliphatic hydroxyl groups is 1. The van der Waals surface area contributed by atoms with Crippen LogP contribution in [0.15, 0.2) is 52.5 Å². The Morgan fingerprint density at radius 3 is 2.59 bits per heavy atom. The molecule has 1 heterocycles. The van der Waals surface area contributed by atoms with Crippen molar-refractivity contribution in [2.24, 2.45) is 0 Å². The van der Waals surface area contributed by atoms with Crippen molar-refractivity contribution in [2.45, 2.75) is 22.8 Å². The van der Waals surface area contributed by atoms with Crippen LogP contribution in [0.25, 0.3) is 0 Å². The van der Waals surface area contributed by atoms with Crippen LogP contribution in [0.1, 0.15) is 18.6 Å². The molecule has 0 aliphatic carbocycles. The van der Waals surface area contributed by atoms with Gasteiger partial charge in [0.05, 0.1) is 6.10 Å². The number of nitrogens with zero attached hydrogens (tertiary/aromatic N) is 1. The van der Waals surface area contributed by atoms with Crippen LogP contribution >= 0.6 is 11.8 Å². The molecule has 0 saturated heterocycles. The molecule has 0 aliphatic heterocycles. The highest BCUT2D eigenvalue weighted by atomic mass is 32.2. The van der Waals surface area contributed by atoms with Gasteiger partial charge < -0.3 is 5.11 Å². The Morgan fingerprint density at radius 2 is 1.94 bits per heavy atom. The third-order valence-corrected chi connectivity index (χ3v) is 3.40. The lowest BCUT2D eigenvalue weighted by atomic mass is 10.1. The van der Waals surface area contributed by atoms with Crippen molar-refractivity contribution in [3.63, 3.8) is 0 Å². The zero-order valence-corrected chi connectivity index (χ0v) is 10.1. The first kappa shape index (κ1) is 12.1. The number of benzene rings is 1. The lowest BCUT2D eigenvalue weighted by Crippen LogP contribution is -1.95. The van der Waals surface area contributed by atoms with Crippen molar-refractivity contribution in [1.29, 1.82) is 0 Å². The Balaban J connectivity index is 2.33. The summed E-state index contributed by atoms with van der Waals surface area (Å²) in [6, 6.07) is 8.20. The standard InChI is InChI=1S/C13H12FNOS/c1-9(16)12-8-10(14)2-3-13(12)17-11-4-6-15-7-5-11/h2-9,16H,1H3/t9-/m1/s1. The van der Waals surface area contributed by atoms with Crippen molar-refractivity contribution in [3.8, 4) is 0 Å². The van der Waals surface area contributed by atoms with Crippen LogP contribution in [-0.2, 0) is 0 Å². The van der Waals surface area contributed by atoms with Crippen LogP contribution in [0, 0.1) is 5.82 Å². The van der Waals surface area contributed by atoms with E-state index in [4.69, 9.17) is 0 Å². The predicted octanol–water partition coefficient (Wildman–Crippen LogP) is 3.43. The molecular weight excluding hydrogens is 237 g/mol. The molecule has 0 aliphatic rings. The fraction of sp³-hybridized carbons (Fsp3) is 0.154. The molecule has 0 spiro atoms. The Morgan fingerprint density at radius 1 is 1.24 bits per heavy atom. The Bertz CT molecular complexity index is 502. The van der Waals surface area contributed by atoms with Crippen LogP contribution in [0.4, 0.5) is 4.39 Å². The van der Waals surface area contributed by atoms with Crippen molar-refractivity contribution in [2.75, 3.05) is 0 Å². The maximum atomic E-state index is 13.1. The number of rotatable bonds is 3. The van der Waals surface area contributed by atoms with Gasteiger partial charge in [-0.2, -0.15) is 0 Å². The number of pyridine rings is 1. The maximum Gasteiger partial charge on any atom is 0.123 e. The second-order valence-corrected chi connectivity index (χ2v) is 4.76. The summed E-state index contributed by atoms with van der Waals surface area (Å²) in [5, 5.41) is 9.61. The van der Waals surface area contributed by atoms with E-state index in [1.165, 1.54) is 23.9 Å². The first-order valence-corrected chi connectivity index (χ1v) is 6.04. The molecule has 1 aromatic carbocycles. The van der Waals surface area contributed by atoms with E-state index in [0.29, 0.717) is 5.56 Å². The smallest absolute Gasteiger partial charge is 0.123 e. The summed E-state index contributed by atoms with van der Waals surface area (Å²) in [7, 11) is 0. The normalized spacial score (nSPS) is 12.4. The van der Waals surface area contributed by atoms with E-state index in [9.17, 15) is 9.50 Å². The van der Waals surface area contributed by atoms with Gasteiger partial charge in [0.25, 0.3) is 0 Å². The summed E-state index contributed by atoms with van der Waals surface area (Å²) in [6.07, 6.45) is 2.72. The first-order chi connectivity index (χ1) is 8.16. The van der Waals surface area contributed by atoms with Gasteiger partial charge in [0, 0.05) is 22.2 Å². The van der Waals surface area contributed by atoms with Crippen LogP contribution in [0.5, 0.6) is 0 Å². The highest BCUT2D eigenvalue weighted by Gasteiger charge is 2.10. The van der Waals surface area contributed by atoms with Gasteiger partial charge in [0.2, 0.25) is 0 Å². The number of hydrogen-bond donors (Lipinski definition) is 1. The fourth-order valence-electron chi connectivity index (χ4n) is 1.47. The third-order valence-electron chi connectivity index (χ3n) is 2.30. The Hall–Kier alpha value is -1.39.